The molecule has 1 atom stereocenters. The lowest BCUT2D eigenvalue weighted by Crippen LogP contribution is -2.42. The highest BCUT2D eigenvalue weighted by molar-refractivity contribution is 7.99. The van der Waals surface area contributed by atoms with E-state index in [-0.39, 0.29) is 36.8 Å². The minimum absolute atomic E-state index is 0. The van der Waals surface area contributed by atoms with E-state index in [1.165, 1.54) is 5.56 Å². The summed E-state index contributed by atoms with van der Waals surface area (Å²) >= 11 is 1.85. The van der Waals surface area contributed by atoms with Gasteiger partial charge < -0.3 is 16.0 Å². The Hall–Kier alpha value is -1.24. The van der Waals surface area contributed by atoms with Crippen molar-refractivity contribution >= 4 is 41.7 Å². The molecule has 0 aliphatic carbocycles. The summed E-state index contributed by atoms with van der Waals surface area (Å²) in [5.41, 5.74) is 1.94. The molecule has 3 N–H and O–H groups in total. The molecular formula is C16H24ClN3O2S. The van der Waals surface area contributed by atoms with E-state index in [1.54, 1.807) is 0 Å². The number of benzene rings is 1. The highest BCUT2D eigenvalue weighted by atomic mass is 35.5. The third-order valence-electron chi connectivity index (χ3n) is 3.50. The number of hydrogen-bond acceptors (Lipinski definition) is 4. The molecule has 0 aromatic heterocycles. The molecule has 1 aromatic carbocycles. The van der Waals surface area contributed by atoms with Crippen molar-refractivity contribution in [2.24, 2.45) is 0 Å². The van der Waals surface area contributed by atoms with Gasteiger partial charge in [-0.25, -0.2) is 0 Å². The summed E-state index contributed by atoms with van der Waals surface area (Å²) in [5.74, 6) is 1.76. The summed E-state index contributed by atoms with van der Waals surface area (Å²) in [6.45, 7) is 3.02. The van der Waals surface area contributed by atoms with Gasteiger partial charge in [0.05, 0.1) is 6.54 Å². The van der Waals surface area contributed by atoms with Crippen LogP contribution in [0.1, 0.15) is 18.9 Å². The zero-order valence-electron chi connectivity index (χ0n) is 13.3. The Labute approximate surface area is 147 Å². The van der Waals surface area contributed by atoms with Crippen LogP contribution in [0, 0.1) is 0 Å². The number of nitrogens with one attached hydrogen (secondary N) is 3. The maximum Gasteiger partial charge on any atom is 0.243 e. The van der Waals surface area contributed by atoms with Crippen LogP contribution >= 0.6 is 24.2 Å². The minimum Gasteiger partial charge on any atom is -0.347 e. The van der Waals surface area contributed by atoms with Crippen LogP contribution in [0.2, 0.25) is 0 Å². The number of amides is 2. The number of hydrogen-bond donors (Lipinski definition) is 3. The average Bonchev–Trinajstić information content (AvgIpc) is 2.54. The molecule has 23 heavy (non-hydrogen) atoms. The summed E-state index contributed by atoms with van der Waals surface area (Å²) in [6.07, 6.45) is 1.35. The van der Waals surface area contributed by atoms with Gasteiger partial charge in [-0.3, -0.25) is 9.59 Å². The Morgan fingerprint density at radius 1 is 1.35 bits per heavy atom. The van der Waals surface area contributed by atoms with Crippen LogP contribution in [0.15, 0.2) is 24.3 Å². The van der Waals surface area contributed by atoms with Gasteiger partial charge in [0, 0.05) is 36.2 Å². The van der Waals surface area contributed by atoms with Gasteiger partial charge >= 0.3 is 0 Å². The fraction of sp³-hybridized carbons (Fsp3) is 0.500. The maximum absolute atomic E-state index is 11.9. The van der Waals surface area contributed by atoms with E-state index in [0.29, 0.717) is 6.42 Å². The molecule has 2 amide bonds. The second kappa shape index (κ2) is 10.5. The number of carbonyl (C=O) groups excluding carboxylic acids is 2. The van der Waals surface area contributed by atoms with Crippen molar-refractivity contribution in [3.8, 4) is 0 Å². The number of aryl methyl sites for hydroxylation is 1. The van der Waals surface area contributed by atoms with Gasteiger partial charge in [0.1, 0.15) is 0 Å². The van der Waals surface area contributed by atoms with Crippen LogP contribution in [0.25, 0.3) is 0 Å². The second-order valence-electron chi connectivity index (χ2n) is 5.31. The first kappa shape index (κ1) is 19.8. The predicted molar refractivity (Wildman–Crippen MR) is 98.4 cm³/mol. The van der Waals surface area contributed by atoms with Gasteiger partial charge in [-0.15, -0.1) is 12.4 Å². The fourth-order valence-electron chi connectivity index (χ4n) is 2.30. The van der Waals surface area contributed by atoms with E-state index < -0.39 is 0 Å². The molecule has 1 aliphatic rings. The molecular weight excluding hydrogens is 334 g/mol. The van der Waals surface area contributed by atoms with Crippen molar-refractivity contribution in [1.29, 1.82) is 0 Å². The number of halogens is 1. The van der Waals surface area contributed by atoms with E-state index in [4.69, 9.17) is 0 Å². The second-order valence-corrected chi connectivity index (χ2v) is 6.46. The first-order chi connectivity index (χ1) is 10.7. The van der Waals surface area contributed by atoms with Crippen LogP contribution in [0.5, 0.6) is 0 Å². The summed E-state index contributed by atoms with van der Waals surface area (Å²) in [5, 5.41) is 8.79. The quantitative estimate of drug-likeness (QED) is 0.726. The van der Waals surface area contributed by atoms with E-state index >= 15 is 0 Å². The number of thioether (sulfide) groups is 1. The van der Waals surface area contributed by atoms with Crippen molar-refractivity contribution in [2.45, 2.75) is 25.8 Å². The van der Waals surface area contributed by atoms with Crippen LogP contribution in [-0.2, 0) is 16.0 Å². The highest BCUT2D eigenvalue weighted by Crippen LogP contribution is 2.11. The average molecular weight is 358 g/mol. The van der Waals surface area contributed by atoms with E-state index in [2.05, 4.69) is 22.9 Å². The van der Waals surface area contributed by atoms with Crippen molar-refractivity contribution in [3.63, 3.8) is 0 Å². The predicted octanol–water partition coefficient (Wildman–Crippen LogP) is 1.82. The monoisotopic (exact) mass is 357 g/mol. The maximum atomic E-state index is 11.9. The first-order valence-electron chi connectivity index (χ1n) is 7.64. The molecule has 1 heterocycles. The van der Waals surface area contributed by atoms with Gasteiger partial charge in [-0.2, -0.15) is 11.8 Å². The Kier molecular flexibility index (Phi) is 9.06. The molecule has 1 unspecified atom stereocenters. The standard InChI is InChI=1S/C16H23N3O2S.ClH/c1-2-12-4-3-5-13(8-12)19-16(21)10-18-15(20)9-14-11-22-7-6-17-14;/h3-5,8,14,17H,2,6-7,9-11H2,1H3,(H,18,20)(H,19,21);1H. The van der Waals surface area contributed by atoms with Crippen LogP contribution in [0.3, 0.4) is 0 Å². The van der Waals surface area contributed by atoms with Gasteiger partial charge in [-0.05, 0) is 24.1 Å². The zero-order chi connectivity index (χ0) is 15.8. The molecule has 1 aliphatic heterocycles. The van der Waals surface area contributed by atoms with E-state index in [0.717, 1.165) is 30.2 Å². The minimum atomic E-state index is -0.201. The molecule has 2 rings (SSSR count). The Morgan fingerprint density at radius 3 is 2.87 bits per heavy atom. The highest BCUT2D eigenvalue weighted by Gasteiger charge is 2.16. The SMILES string of the molecule is CCc1cccc(NC(=O)CNC(=O)CC2CSCCN2)c1.Cl. The third-order valence-corrected chi connectivity index (χ3v) is 4.63. The lowest BCUT2D eigenvalue weighted by Gasteiger charge is -2.22. The zero-order valence-corrected chi connectivity index (χ0v) is 14.9. The van der Waals surface area contributed by atoms with E-state index in [1.807, 2.05) is 36.0 Å². The molecule has 7 heteroatoms. The topological polar surface area (TPSA) is 70.2 Å². The summed E-state index contributed by atoms with van der Waals surface area (Å²) in [6, 6.07) is 7.94. The molecule has 5 nitrogen and oxygen atoms in total. The molecule has 0 radical (unpaired) electrons. The molecule has 1 fully saturated rings. The largest absolute Gasteiger partial charge is 0.347 e. The Bertz CT molecular complexity index is 522. The number of rotatable bonds is 6. The van der Waals surface area contributed by atoms with Gasteiger partial charge in [0.15, 0.2) is 0 Å². The van der Waals surface area contributed by atoms with Gasteiger partial charge in [0.25, 0.3) is 0 Å². The molecule has 0 bridgehead atoms. The Morgan fingerprint density at radius 2 is 2.17 bits per heavy atom. The smallest absolute Gasteiger partial charge is 0.243 e. The van der Waals surface area contributed by atoms with Crippen LogP contribution in [0.4, 0.5) is 5.69 Å². The van der Waals surface area contributed by atoms with Crippen LogP contribution in [-0.4, -0.2) is 42.5 Å². The summed E-state index contributed by atoms with van der Waals surface area (Å²) < 4.78 is 0. The first-order valence-corrected chi connectivity index (χ1v) is 8.79. The summed E-state index contributed by atoms with van der Waals surface area (Å²) in [4.78, 5) is 23.7. The van der Waals surface area contributed by atoms with E-state index in [9.17, 15) is 9.59 Å². The van der Waals surface area contributed by atoms with Crippen molar-refractivity contribution in [1.82, 2.24) is 10.6 Å². The molecule has 0 saturated carbocycles. The normalized spacial score (nSPS) is 17.0. The van der Waals surface area contributed by atoms with Gasteiger partial charge in [0.2, 0.25) is 11.8 Å². The third kappa shape index (κ3) is 7.24. The van der Waals surface area contributed by atoms with Crippen molar-refractivity contribution in [2.75, 3.05) is 29.9 Å². The number of carbonyl (C=O) groups is 2. The molecule has 1 saturated heterocycles. The van der Waals surface area contributed by atoms with Crippen molar-refractivity contribution in [3.05, 3.63) is 29.8 Å². The Balaban J connectivity index is 0.00000264. The van der Waals surface area contributed by atoms with Crippen LogP contribution < -0.4 is 16.0 Å². The van der Waals surface area contributed by atoms with Crippen molar-refractivity contribution < 1.29 is 9.59 Å². The molecule has 128 valence electrons. The number of anilines is 1. The van der Waals surface area contributed by atoms with Gasteiger partial charge in [-0.1, -0.05) is 19.1 Å². The summed E-state index contributed by atoms with van der Waals surface area (Å²) in [7, 11) is 0. The molecule has 1 aromatic rings. The fourth-order valence-corrected chi connectivity index (χ4v) is 3.25. The lowest BCUT2D eigenvalue weighted by molar-refractivity contribution is -0.124. The molecule has 0 spiro atoms. The lowest BCUT2D eigenvalue weighted by atomic mass is 10.1.